The fourth-order valence-corrected chi connectivity index (χ4v) is 3.67. The molecule has 0 saturated carbocycles. The first-order chi connectivity index (χ1) is 11.3. The zero-order valence-corrected chi connectivity index (χ0v) is 13.7. The molecule has 0 amide bonds. The minimum atomic E-state index is 0.363. The van der Waals surface area contributed by atoms with Crippen molar-refractivity contribution in [2.24, 2.45) is 7.05 Å². The largest absolute Gasteiger partial charge is 0.493 e. The predicted molar refractivity (Wildman–Crippen MR) is 89.9 cm³/mol. The third-order valence-electron chi connectivity index (χ3n) is 5.01. The molecule has 0 bridgehead atoms. The van der Waals surface area contributed by atoms with Crippen molar-refractivity contribution in [3.05, 3.63) is 53.3 Å². The van der Waals surface area contributed by atoms with Crippen LogP contribution >= 0.6 is 0 Å². The summed E-state index contributed by atoms with van der Waals surface area (Å²) in [6, 6.07) is 11.3. The summed E-state index contributed by atoms with van der Waals surface area (Å²) in [7, 11) is 2.11. The molecule has 2 aliphatic rings. The normalized spacial score (nSPS) is 21.2. The number of morpholine rings is 1. The topological polar surface area (TPSA) is 26.6 Å². The van der Waals surface area contributed by atoms with Crippen LogP contribution in [-0.4, -0.2) is 42.4 Å². The highest BCUT2D eigenvalue weighted by atomic mass is 16.5. The third-order valence-corrected chi connectivity index (χ3v) is 5.01. The van der Waals surface area contributed by atoms with Gasteiger partial charge in [0.2, 0.25) is 0 Å². The van der Waals surface area contributed by atoms with Crippen molar-refractivity contribution in [3.8, 4) is 5.75 Å². The summed E-state index contributed by atoms with van der Waals surface area (Å²) in [5, 5.41) is 0. The molecule has 122 valence electrons. The number of hydrogen-bond acceptors (Lipinski definition) is 3. The monoisotopic (exact) mass is 312 g/mol. The minimum absolute atomic E-state index is 0.363. The number of fused-ring (bicyclic) bond motifs is 1. The summed E-state index contributed by atoms with van der Waals surface area (Å²) in [5.41, 5.74) is 4.11. The van der Waals surface area contributed by atoms with E-state index in [1.54, 1.807) is 0 Å². The Labute approximate surface area is 137 Å². The van der Waals surface area contributed by atoms with Gasteiger partial charge in [0.25, 0.3) is 0 Å². The average molecular weight is 312 g/mol. The van der Waals surface area contributed by atoms with E-state index in [1.165, 1.54) is 16.8 Å². The molecule has 1 aromatic heterocycles. The van der Waals surface area contributed by atoms with Crippen LogP contribution in [0, 0.1) is 0 Å². The van der Waals surface area contributed by atoms with Crippen LogP contribution < -0.4 is 4.74 Å². The molecular formula is C19H24N2O2. The maximum absolute atomic E-state index is 5.73. The Kier molecular flexibility index (Phi) is 4.10. The van der Waals surface area contributed by atoms with Crippen molar-refractivity contribution in [3.63, 3.8) is 0 Å². The lowest BCUT2D eigenvalue weighted by Crippen LogP contribution is -2.41. The molecular weight excluding hydrogens is 288 g/mol. The number of nitrogens with zero attached hydrogens (tertiary/aromatic N) is 2. The molecule has 4 rings (SSSR count). The summed E-state index contributed by atoms with van der Waals surface area (Å²) in [5.74, 6) is 1.07. The fraction of sp³-hybridized carbons (Fsp3) is 0.474. The summed E-state index contributed by atoms with van der Waals surface area (Å²) >= 11 is 0. The summed E-state index contributed by atoms with van der Waals surface area (Å²) in [6.45, 7) is 4.52. The van der Waals surface area contributed by atoms with Gasteiger partial charge in [-0.3, -0.25) is 4.90 Å². The Bertz CT molecular complexity index is 680. The second-order valence-corrected chi connectivity index (χ2v) is 6.46. The van der Waals surface area contributed by atoms with Crippen molar-refractivity contribution in [2.75, 3.05) is 32.9 Å². The minimum Gasteiger partial charge on any atom is -0.493 e. The van der Waals surface area contributed by atoms with Crippen molar-refractivity contribution < 1.29 is 9.47 Å². The highest BCUT2D eigenvalue weighted by Gasteiger charge is 2.26. The molecule has 1 fully saturated rings. The number of ether oxygens (including phenoxy) is 2. The number of benzene rings is 1. The second-order valence-electron chi connectivity index (χ2n) is 6.46. The van der Waals surface area contributed by atoms with E-state index in [2.05, 4.69) is 53.0 Å². The Morgan fingerprint density at radius 3 is 3.04 bits per heavy atom. The molecule has 0 radical (unpaired) electrons. The summed E-state index contributed by atoms with van der Waals surface area (Å²) < 4.78 is 13.5. The molecule has 1 atom stereocenters. The third kappa shape index (κ3) is 3.01. The highest BCUT2D eigenvalue weighted by molar-refractivity contribution is 5.39. The van der Waals surface area contributed by atoms with Gasteiger partial charge < -0.3 is 14.0 Å². The van der Waals surface area contributed by atoms with E-state index < -0.39 is 0 Å². The molecule has 1 saturated heterocycles. The van der Waals surface area contributed by atoms with E-state index in [-0.39, 0.29) is 0 Å². The van der Waals surface area contributed by atoms with Crippen molar-refractivity contribution in [1.82, 2.24) is 9.47 Å². The van der Waals surface area contributed by atoms with E-state index in [0.717, 1.165) is 51.5 Å². The first-order valence-corrected chi connectivity index (χ1v) is 8.49. The molecule has 4 heteroatoms. The first-order valence-electron chi connectivity index (χ1n) is 8.49. The second kappa shape index (κ2) is 6.38. The number of rotatable bonds is 4. The van der Waals surface area contributed by atoms with Gasteiger partial charge in [-0.15, -0.1) is 0 Å². The van der Waals surface area contributed by atoms with Crippen molar-refractivity contribution in [2.45, 2.75) is 18.9 Å². The van der Waals surface area contributed by atoms with Crippen LogP contribution in [0.5, 0.6) is 5.75 Å². The van der Waals surface area contributed by atoms with Gasteiger partial charge in [0.1, 0.15) is 5.75 Å². The van der Waals surface area contributed by atoms with Crippen LogP contribution in [0.3, 0.4) is 0 Å². The van der Waals surface area contributed by atoms with Crippen LogP contribution in [0.15, 0.2) is 36.5 Å². The molecule has 2 aliphatic heterocycles. The lowest BCUT2D eigenvalue weighted by molar-refractivity contribution is -0.0103. The first kappa shape index (κ1) is 14.8. The van der Waals surface area contributed by atoms with Gasteiger partial charge in [-0.2, -0.15) is 0 Å². The SMILES string of the molecule is Cn1cccc1[C@H]1COCCN1CCc1ccc2c(c1)CCO2. The molecule has 23 heavy (non-hydrogen) atoms. The molecule has 0 unspecified atom stereocenters. The van der Waals surface area contributed by atoms with Gasteiger partial charge in [0, 0.05) is 38.4 Å². The molecule has 0 N–H and O–H groups in total. The van der Waals surface area contributed by atoms with Crippen molar-refractivity contribution in [1.29, 1.82) is 0 Å². The smallest absolute Gasteiger partial charge is 0.122 e. The van der Waals surface area contributed by atoms with Crippen LogP contribution in [0.4, 0.5) is 0 Å². The molecule has 0 aliphatic carbocycles. The molecule has 4 nitrogen and oxygen atoms in total. The fourth-order valence-electron chi connectivity index (χ4n) is 3.67. The van der Waals surface area contributed by atoms with Crippen LogP contribution in [0.25, 0.3) is 0 Å². The number of aromatic nitrogens is 1. The zero-order valence-electron chi connectivity index (χ0n) is 13.7. The Morgan fingerprint density at radius 1 is 1.22 bits per heavy atom. The zero-order chi connectivity index (χ0) is 15.6. The quantitative estimate of drug-likeness (QED) is 0.868. The average Bonchev–Trinajstić information content (AvgIpc) is 3.21. The number of aryl methyl sites for hydroxylation is 1. The Balaban J connectivity index is 1.45. The molecule has 2 aromatic rings. The van der Waals surface area contributed by atoms with Crippen LogP contribution in [0.1, 0.15) is 22.9 Å². The van der Waals surface area contributed by atoms with E-state index in [0.29, 0.717) is 6.04 Å². The standard InChI is InChI=1S/C19H24N2O2/c1-20-8-2-3-17(20)18-14-22-12-10-21(18)9-6-15-4-5-19-16(13-15)7-11-23-19/h2-5,8,13,18H,6-7,9-12,14H2,1H3/t18-/m1/s1. The lowest BCUT2D eigenvalue weighted by atomic mass is 10.0. The maximum Gasteiger partial charge on any atom is 0.122 e. The van der Waals surface area contributed by atoms with Gasteiger partial charge in [-0.25, -0.2) is 0 Å². The Hall–Kier alpha value is -1.78. The van der Waals surface area contributed by atoms with Gasteiger partial charge in [-0.1, -0.05) is 12.1 Å². The molecule has 3 heterocycles. The van der Waals surface area contributed by atoms with Gasteiger partial charge >= 0.3 is 0 Å². The van der Waals surface area contributed by atoms with Crippen LogP contribution in [0.2, 0.25) is 0 Å². The Morgan fingerprint density at radius 2 is 2.17 bits per heavy atom. The molecule has 1 aromatic carbocycles. The van der Waals surface area contributed by atoms with E-state index >= 15 is 0 Å². The van der Waals surface area contributed by atoms with Gasteiger partial charge in [-0.05, 0) is 35.7 Å². The van der Waals surface area contributed by atoms with Crippen LogP contribution in [-0.2, 0) is 24.6 Å². The van der Waals surface area contributed by atoms with Crippen molar-refractivity contribution >= 4 is 0 Å². The summed E-state index contributed by atoms with van der Waals surface area (Å²) in [4.78, 5) is 2.56. The van der Waals surface area contributed by atoms with E-state index in [1.807, 2.05) is 0 Å². The van der Waals surface area contributed by atoms with E-state index in [4.69, 9.17) is 9.47 Å². The predicted octanol–water partition coefficient (Wildman–Crippen LogP) is 2.58. The van der Waals surface area contributed by atoms with E-state index in [9.17, 15) is 0 Å². The summed E-state index contributed by atoms with van der Waals surface area (Å²) in [6.07, 6.45) is 4.24. The lowest BCUT2D eigenvalue weighted by Gasteiger charge is -2.36. The molecule has 0 spiro atoms. The number of hydrogen-bond donors (Lipinski definition) is 0. The van der Waals surface area contributed by atoms with Gasteiger partial charge in [0.05, 0.1) is 25.9 Å². The maximum atomic E-state index is 5.73. The highest BCUT2D eigenvalue weighted by Crippen LogP contribution is 2.27. The van der Waals surface area contributed by atoms with Gasteiger partial charge in [0.15, 0.2) is 0 Å².